The van der Waals surface area contributed by atoms with Gasteiger partial charge >= 0.3 is 0 Å². The van der Waals surface area contributed by atoms with Crippen LogP contribution >= 0.6 is 0 Å². The highest BCUT2D eigenvalue weighted by Crippen LogP contribution is 2.11. The molecule has 0 fully saturated rings. The van der Waals surface area contributed by atoms with E-state index in [0.717, 1.165) is 18.7 Å². The molecule has 1 aromatic rings. The lowest BCUT2D eigenvalue weighted by molar-refractivity contribution is -0.117. The Hall–Kier alpha value is -1.55. The summed E-state index contributed by atoms with van der Waals surface area (Å²) in [6, 6.07) is 7.85. The Morgan fingerprint density at radius 2 is 2.07 bits per heavy atom. The molecule has 0 spiro atoms. The molecule has 15 heavy (non-hydrogen) atoms. The van der Waals surface area contributed by atoms with Gasteiger partial charge in [0, 0.05) is 0 Å². The average molecular weight is 208 g/mol. The molecule has 1 rings (SSSR count). The van der Waals surface area contributed by atoms with Gasteiger partial charge in [0.25, 0.3) is 0 Å². The Labute approximate surface area is 89.4 Å². The zero-order valence-corrected chi connectivity index (χ0v) is 8.82. The molecule has 0 unspecified atom stereocenters. The molecule has 0 aromatic heterocycles. The number of hydrogen-bond donors (Lipinski definition) is 2. The van der Waals surface area contributed by atoms with Crippen LogP contribution in [0.5, 0.6) is 5.75 Å². The van der Waals surface area contributed by atoms with Crippen molar-refractivity contribution in [2.24, 2.45) is 5.73 Å². The van der Waals surface area contributed by atoms with Gasteiger partial charge in [-0.05, 0) is 30.7 Å². The molecule has 0 aliphatic carbocycles. The van der Waals surface area contributed by atoms with Gasteiger partial charge in [0.05, 0.1) is 13.7 Å². The van der Waals surface area contributed by atoms with E-state index in [0.29, 0.717) is 0 Å². The second kappa shape index (κ2) is 6.03. The normalized spacial score (nSPS) is 9.93. The molecular weight excluding hydrogens is 192 g/mol. The second-order valence-corrected chi connectivity index (χ2v) is 3.24. The number of carbonyl (C=O) groups is 1. The number of carbonyl (C=O) groups excluding carboxylic acids is 1. The van der Waals surface area contributed by atoms with Gasteiger partial charge in [-0.15, -0.1) is 0 Å². The summed E-state index contributed by atoms with van der Waals surface area (Å²) in [6.07, 6.45) is 0.872. The van der Waals surface area contributed by atoms with Crippen LogP contribution in [0.25, 0.3) is 0 Å². The fraction of sp³-hybridized carbons (Fsp3) is 0.364. The third kappa shape index (κ3) is 4.46. The minimum atomic E-state index is -0.329. The predicted octanol–water partition coefficient (Wildman–Crippen LogP) is 0.313. The SMILES string of the molecule is COc1ccc(CCNCC(N)=O)cc1. The summed E-state index contributed by atoms with van der Waals surface area (Å²) in [7, 11) is 1.64. The average Bonchev–Trinajstić information content (AvgIpc) is 2.25. The molecule has 0 aliphatic rings. The van der Waals surface area contributed by atoms with Gasteiger partial charge in [-0.2, -0.15) is 0 Å². The van der Waals surface area contributed by atoms with Crippen LogP contribution in [0.15, 0.2) is 24.3 Å². The van der Waals surface area contributed by atoms with Crippen molar-refractivity contribution in [3.63, 3.8) is 0 Å². The summed E-state index contributed by atoms with van der Waals surface area (Å²) < 4.78 is 5.05. The van der Waals surface area contributed by atoms with Crippen molar-refractivity contribution < 1.29 is 9.53 Å². The summed E-state index contributed by atoms with van der Waals surface area (Å²) >= 11 is 0. The highest BCUT2D eigenvalue weighted by atomic mass is 16.5. The number of nitrogens with one attached hydrogen (secondary N) is 1. The number of primary amides is 1. The Morgan fingerprint density at radius 1 is 1.40 bits per heavy atom. The quantitative estimate of drug-likeness (QED) is 0.661. The van der Waals surface area contributed by atoms with E-state index in [1.807, 2.05) is 24.3 Å². The lowest BCUT2D eigenvalue weighted by atomic mass is 10.1. The fourth-order valence-electron chi connectivity index (χ4n) is 1.24. The van der Waals surface area contributed by atoms with E-state index in [1.165, 1.54) is 5.56 Å². The number of rotatable bonds is 6. The minimum absolute atomic E-state index is 0.232. The van der Waals surface area contributed by atoms with Crippen LogP contribution in [0.2, 0.25) is 0 Å². The topological polar surface area (TPSA) is 64.3 Å². The van der Waals surface area contributed by atoms with Crippen molar-refractivity contribution in [2.45, 2.75) is 6.42 Å². The molecule has 0 heterocycles. The molecule has 0 saturated heterocycles. The highest BCUT2D eigenvalue weighted by molar-refractivity contribution is 5.75. The molecule has 0 aliphatic heterocycles. The van der Waals surface area contributed by atoms with Gasteiger partial charge < -0.3 is 15.8 Å². The van der Waals surface area contributed by atoms with Gasteiger partial charge in [-0.1, -0.05) is 12.1 Å². The second-order valence-electron chi connectivity index (χ2n) is 3.24. The standard InChI is InChI=1S/C11H16N2O2/c1-15-10-4-2-9(3-5-10)6-7-13-8-11(12)14/h2-5,13H,6-8H2,1H3,(H2,12,14). The fourth-order valence-corrected chi connectivity index (χ4v) is 1.24. The minimum Gasteiger partial charge on any atom is -0.497 e. The molecule has 0 atom stereocenters. The van der Waals surface area contributed by atoms with Gasteiger partial charge in [-0.25, -0.2) is 0 Å². The van der Waals surface area contributed by atoms with Crippen molar-refractivity contribution in [1.82, 2.24) is 5.32 Å². The molecule has 4 nitrogen and oxygen atoms in total. The summed E-state index contributed by atoms with van der Waals surface area (Å²) in [6.45, 7) is 0.978. The number of ether oxygens (including phenoxy) is 1. The van der Waals surface area contributed by atoms with E-state index in [-0.39, 0.29) is 12.5 Å². The molecule has 4 heteroatoms. The number of nitrogens with two attached hydrogens (primary N) is 1. The van der Waals surface area contributed by atoms with Crippen molar-refractivity contribution in [2.75, 3.05) is 20.2 Å². The van der Waals surface area contributed by atoms with Crippen LogP contribution in [0.1, 0.15) is 5.56 Å². The smallest absolute Gasteiger partial charge is 0.231 e. The first kappa shape index (κ1) is 11.5. The van der Waals surface area contributed by atoms with E-state index in [1.54, 1.807) is 7.11 Å². The van der Waals surface area contributed by atoms with Crippen LogP contribution < -0.4 is 15.8 Å². The van der Waals surface area contributed by atoms with Gasteiger partial charge in [0.15, 0.2) is 0 Å². The van der Waals surface area contributed by atoms with E-state index in [4.69, 9.17) is 10.5 Å². The van der Waals surface area contributed by atoms with Crippen LogP contribution in [0.4, 0.5) is 0 Å². The first-order chi connectivity index (χ1) is 7.22. The van der Waals surface area contributed by atoms with Gasteiger partial charge in [0.1, 0.15) is 5.75 Å². The number of methoxy groups -OCH3 is 1. The number of hydrogen-bond acceptors (Lipinski definition) is 3. The van der Waals surface area contributed by atoms with Gasteiger partial charge in [0.2, 0.25) is 5.91 Å². The zero-order chi connectivity index (χ0) is 11.1. The molecule has 82 valence electrons. The maximum atomic E-state index is 10.4. The zero-order valence-electron chi connectivity index (χ0n) is 8.82. The third-order valence-corrected chi connectivity index (χ3v) is 2.05. The summed E-state index contributed by atoms with van der Waals surface area (Å²) in [5.41, 5.74) is 6.19. The molecule has 0 saturated carbocycles. The maximum absolute atomic E-state index is 10.4. The third-order valence-electron chi connectivity index (χ3n) is 2.05. The monoisotopic (exact) mass is 208 g/mol. The van der Waals surface area contributed by atoms with Crippen molar-refractivity contribution in [1.29, 1.82) is 0 Å². The Kier molecular flexibility index (Phi) is 4.63. The number of benzene rings is 1. The molecule has 1 aromatic carbocycles. The molecule has 0 bridgehead atoms. The Morgan fingerprint density at radius 3 is 2.60 bits per heavy atom. The lowest BCUT2D eigenvalue weighted by Gasteiger charge is -2.04. The summed E-state index contributed by atoms with van der Waals surface area (Å²) in [5, 5.41) is 2.96. The maximum Gasteiger partial charge on any atom is 0.231 e. The first-order valence-corrected chi connectivity index (χ1v) is 4.84. The van der Waals surface area contributed by atoms with Crippen LogP contribution in [-0.2, 0) is 11.2 Å². The lowest BCUT2D eigenvalue weighted by Crippen LogP contribution is -2.29. The van der Waals surface area contributed by atoms with Crippen molar-refractivity contribution in [3.8, 4) is 5.75 Å². The van der Waals surface area contributed by atoms with Crippen LogP contribution in [0.3, 0.4) is 0 Å². The summed E-state index contributed by atoms with van der Waals surface area (Å²) in [5.74, 6) is 0.522. The number of amides is 1. The molecule has 0 radical (unpaired) electrons. The predicted molar refractivity (Wildman–Crippen MR) is 58.8 cm³/mol. The van der Waals surface area contributed by atoms with Crippen molar-refractivity contribution in [3.05, 3.63) is 29.8 Å². The van der Waals surface area contributed by atoms with Crippen LogP contribution in [0, 0.1) is 0 Å². The molecule has 3 N–H and O–H groups in total. The Balaban J connectivity index is 2.28. The van der Waals surface area contributed by atoms with E-state index in [9.17, 15) is 4.79 Å². The molecule has 1 amide bonds. The first-order valence-electron chi connectivity index (χ1n) is 4.84. The van der Waals surface area contributed by atoms with E-state index in [2.05, 4.69) is 5.32 Å². The highest BCUT2D eigenvalue weighted by Gasteiger charge is 1.95. The van der Waals surface area contributed by atoms with Crippen molar-refractivity contribution >= 4 is 5.91 Å². The van der Waals surface area contributed by atoms with E-state index >= 15 is 0 Å². The largest absolute Gasteiger partial charge is 0.497 e. The van der Waals surface area contributed by atoms with Crippen LogP contribution in [-0.4, -0.2) is 26.1 Å². The van der Waals surface area contributed by atoms with E-state index < -0.39 is 0 Å². The summed E-state index contributed by atoms with van der Waals surface area (Å²) in [4.78, 5) is 10.4. The molecular formula is C11H16N2O2. The van der Waals surface area contributed by atoms with Gasteiger partial charge in [-0.3, -0.25) is 4.79 Å². The Bertz CT molecular complexity index is 309.